The lowest BCUT2D eigenvalue weighted by Gasteiger charge is -2.43. The second-order valence-electron chi connectivity index (χ2n) is 10.2. The number of likely N-dealkylation sites (tertiary alicyclic amines) is 1. The molecule has 3 rings (SSSR count). The largest absolute Gasteiger partial charge is 0.348 e. The standard InChI is InChI=1S/C27H36N2O2/c1-20-11-7-9-13-22(20)23-14-10-8-12-21(23)19-27(25(31)28(5)6)15-17-29(18-16-27)24(30)26(2,3)4/h7-14H,15-19H2,1-6H3. The molecule has 4 nitrogen and oxygen atoms in total. The Balaban J connectivity index is 1.94. The third-order valence-corrected chi connectivity index (χ3v) is 6.49. The van der Waals surface area contributed by atoms with E-state index >= 15 is 0 Å². The summed E-state index contributed by atoms with van der Waals surface area (Å²) in [5.41, 5.74) is 3.95. The summed E-state index contributed by atoms with van der Waals surface area (Å²) in [5, 5.41) is 0. The summed E-state index contributed by atoms with van der Waals surface area (Å²) >= 11 is 0. The molecule has 31 heavy (non-hydrogen) atoms. The van der Waals surface area contributed by atoms with Crippen molar-refractivity contribution in [3.63, 3.8) is 0 Å². The Morgan fingerprint density at radius 1 is 0.935 bits per heavy atom. The van der Waals surface area contributed by atoms with Gasteiger partial charge in [0.1, 0.15) is 0 Å². The third-order valence-electron chi connectivity index (χ3n) is 6.49. The molecule has 1 fully saturated rings. The van der Waals surface area contributed by atoms with Gasteiger partial charge in [-0.15, -0.1) is 0 Å². The van der Waals surface area contributed by atoms with Gasteiger partial charge in [-0.3, -0.25) is 9.59 Å². The second kappa shape index (κ2) is 8.86. The lowest BCUT2D eigenvalue weighted by Crippen LogP contribution is -2.52. The van der Waals surface area contributed by atoms with Crippen molar-refractivity contribution in [3.8, 4) is 11.1 Å². The predicted octanol–water partition coefficient (Wildman–Crippen LogP) is 4.95. The van der Waals surface area contributed by atoms with Crippen molar-refractivity contribution < 1.29 is 9.59 Å². The minimum absolute atomic E-state index is 0.162. The summed E-state index contributed by atoms with van der Waals surface area (Å²) in [6, 6.07) is 16.8. The Kier molecular flexibility index (Phi) is 6.59. The Hall–Kier alpha value is -2.62. The predicted molar refractivity (Wildman–Crippen MR) is 127 cm³/mol. The molecule has 0 radical (unpaired) electrons. The molecule has 4 heteroatoms. The summed E-state index contributed by atoms with van der Waals surface area (Å²) < 4.78 is 0. The van der Waals surface area contributed by atoms with Gasteiger partial charge in [-0.1, -0.05) is 69.3 Å². The van der Waals surface area contributed by atoms with E-state index in [4.69, 9.17) is 0 Å². The van der Waals surface area contributed by atoms with Gasteiger partial charge in [0, 0.05) is 32.6 Å². The average Bonchev–Trinajstić information content (AvgIpc) is 2.73. The number of nitrogens with zero attached hydrogens (tertiary/aromatic N) is 2. The van der Waals surface area contributed by atoms with Gasteiger partial charge in [-0.25, -0.2) is 0 Å². The summed E-state index contributed by atoms with van der Waals surface area (Å²) in [7, 11) is 3.67. The minimum Gasteiger partial charge on any atom is -0.348 e. The van der Waals surface area contributed by atoms with E-state index in [2.05, 4.69) is 55.5 Å². The van der Waals surface area contributed by atoms with Crippen molar-refractivity contribution in [1.29, 1.82) is 0 Å². The second-order valence-corrected chi connectivity index (χ2v) is 10.2. The van der Waals surface area contributed by atoms with Crippen LogP contribution in [0.15, 0.2) is 48.5 Å². The van der Waals surface area contributed by atoms with E-state index in [1.54, 1.807) is 4.90 Å². The van der Waals surface area contributed by atoms with Crippen LogP contribution in [0.2, 0.25) is 0 Å². The molecule has 0 saturated carbocycles. The molecule has 0 N–H and O–H groups in total. The van der Waals surface area contributed by atoms with Gasteiger partial charge >= 0.3 is 0 Å². The molecule has 1 aliphatic heterocycles. The van der Waals surface area contributed by atoms with Crippen molar-refractivity contribution in [2.24, 2.45) is 10.8 Å². The van der Waals surface area contributed by atoms with E-state index < -0.39 is 10.8 Å². The maximum atomic E-state index is 13.4. The zero-order valence-corrected chi connectivity index (χ0v) is 19.9. The van der Waals surface area contributed by atoms with Crippen LogP contribution >= 0.6 is 0 Å². The number of carbonyl (C=O) groups excluding carboxylic acids is 2. The van der Waals surface area contributed by atoms with E-state index in [1.165, 1.54) is 22.3 Å². The molecule has 1 aliphatic rings. The summed E-state index contributed by atoms with van der Waals surface area (Å²) in [6.45, 7) is 9.26. The normalized spacial score (nSPS) is 16.1. The Morgan fingerprint density at radius 2 is 1.48 bits per heavy atom. The molecule has 2 aromatic rings. The number of hydrogen-bond acceptors (Lipinski definition) is 2. The van der Waals surface area contributed by atoms with Crippen LogP contribution in [0.5, 0.6) is 0 Å². The molecular formula is C27H36N2O2. The van der Waals surface area contributed by atoms with E-state index in [9.17, 15) is 9.59 Å². The first-order valence-corrected chi connectivity index (χ1v) is 11.2. The van der Waals surface area contributed by atoms with Crippen LogP contribution < -0.4 is 0 Å². The van der Waals surface area contributed by atoms with E-state index in [0.29, 0.717) is 32.4 Å². The summed E-state index contributed by atoms with van der Waals surface area (Å²) in [4.78, 5) is 29.9. The number of benzene rings is 2. The molecule has 0 atom stereocenters. The first-order chi connectivity index (χ1) is 14.5. The molecule has 0 aromatic heterocycles. The van der Waals surface area contributed by atoms with Crippen molar-refractivity contribution >= 4 is 11.8 Å². The lowest BCUT2D eigenvalue weighted by atomic mass is 9.71. The Morgan fingerprint density at radius 3 is 2.03 bits per heavy atom. The monoisotopic (exact) mass is 420 g/mol. The van der Waals surface area contributed by atoms with Crippen LogP contribution in [-0.4, -0.2) is 48.8 Å². The van der Waals surface area contributed by atoms with Crippen LogP contribution in [0.1, 0.15) is 44.7 Å². The molecule has 166 valence electrons. The van der Waals surface area contributed by atoms with Crippen LogP contribution in [0, 0.1) is 17.8 Å². The maximum absolute atomic E-state index is 13.4. The number of piperidine rings is 1. The molecule has 0 aliphatic carbocycles. The zero-order valence-electron chi connectivity index (χ0n) is 19.9. The average molecular weight is 421 g/mol. The van der Waals surface area contributed by atoms with E-state index in [1.807, 2.05) is 39.8 Å². The fourth-order valence-corrected chi connectivity index (χ4v) is 4.73. The van der Waals surface area contributed by atoms with Gasteiger partial charge in [0.05, 0.1) is 5.41 Å². The first kappa shape index (κ1) is 23.1. The lowest BCUT2D eigenvalue weighted by molar-refractivity contribution is -0.149. The van der Waals surface area contributed by atoms with Crippen molar-refractivity contribution in [3.05, 3.63) is 59.7 Å². The molecule has 0 bridgehead atoms. The highest BCUT2D eigenvalue weighted by molar-refractivity contribution is 5.85. The van der Waals surface area contributed by atoms with Gasteiger partial charge in [0.25, 0.3) is 0 Å². The van der Waals surface area contributed by atoms with Crippen molar-refractivity contribution in [2.45, 2.75) is 47.0 Å². The third kappa shape index (κ3) is 4.84. The maximum Gasteiger partial charge on any atom is 0.228 e. The van der Waals surface area contributed by atoms with Crippen LogP contribution in [0.3, 0.4) is 0 Å². The zero-order chi connectivity index (χ0) is 22.8. The Bertz CT molecular complexity index is 948. The van der Waals surface area contributed by atoms with Crippen LogP contribution in [0.4, 0.5) is 0 Å². The molecule has 0 unspecified atom stereocenters. The van der Waals surface area contributed by atoms with E-state index in [0.717, 1.165) is 0 Å². The quantitative estimate of drug-likeness (QED) is 0.702. The highest BCUT2D eigenvalue weighted by atomic mass is 16.2. The van der Waals surface area contributed by atoms with Gasteiger partial charge < -0.3 is 9.80 Å². The number of aryl methyl sites for hydroxylation is 1. The highest BCUT2D eigenvalue weighted by Gasteiger charge is 2.44. The first-order valence-electron chi connectivity index (χ1n) is 11.2. The van der Waals surface area contributed by atoms with Gasteiger partial charge in [-0.2, -0.15) is 0 Å². The minimum atomic E-state index is -0.489. The molecule has 1 saturated heterocycles. The number of amides is 2. The topological polar surface area (TPSA) is 40.6 Å². The Labute approximate surface area is 187 Å². The summed E-state index contributed by atoms with van der Waals surface area (Å²) in [5.74, 6) is 0.327. The molecule has 1 heterocycles. The molecule has 0 spiro atoms. The van der Waals surface area contributed by atoms with Gasteiger partial charge in [0.2, 0.25) is 11.8 Å². The molecule has 2 aromatic carbocycles. The molecular weight excluding hydrogens is 384 g/mol. The number of rotatable bonds is 4. The van der Waals surface area contributed by atoms with Crippen molar-refractivity contribution in [2.75, 3.05) is 27.2 Å². The molecule has 2 amide bonds. The van der Waals surface area contributed by atoms with Crippen LogP contribution in [-0.2, 0) is 16.0 Å². The fraction of sp³-hybridized carbons (Fsp3) is 0.481. The summed E-state index contributed by atoms with van der Waals surface area (Å²) in [6.07, 6.45) is 2.06. The van der Waals surface area contributed by atoms with E-state index in [-0.39, 0.29) is 11.8 Å². The van der Waals surface area contributed by atoms with Crippen molar-refractivity contribution in [1.82, 2.24) is 9.80 Å². The number of carbonyl (C=O) groups is 2. The highest BCUT2D eigenvalue weighted by Crippen LogP contribution is 2.40. The number of hydrogen-bond donors (Lipinski definition) is 0. The smallest absolute Gasteiger partial charge is 0.228 e. The SMILES string of the molecule is Cc1ccccc1-c1ccccc1CC1(C(=O)N(C)C)CCN(C(=O)C(C)(C)C)CC1. The van der Waals surface area contributed by atoms with Crippen LogP contribution in [0.25, 0.3) is 11.1 Å². The fourth-order valence-electron chi connectivity index (χ4n) is 4.73. The van der Waals surface area contributed by atoms with Gasteiger partial charge in [0.15, 0.2) is 0 Å². The van der Waals surface area contributed by atoms with Gasteiger partial charge in [-0.05, 0) is 48.4 Å².